The summed E-state index contributed by atoms with van der Waals surface area (Å²) in [6.45, 7) is 1.93. The second-order valence-corrected chi connectivity index (χ2v) is 4.84. The maximum atomic E-state index is 13.3. The second kappa shape index (κ2) is 5.09. The molecule has 0 saturated carbocycles. The van der Waals surface area contributed by atoms with E-state index in [0.29, 0.717) is 11.6 Å². The molecule has 1 aliphatic heterocycles. The maximum Gasteiger partial charge on any atom is 0.128 e. The van der Waals surface area contributed by atoms with E-state index in [4.69, 9.17) is 0 Å². The summed E-state index contributed by atoms with van der Waals surface area (Å²) in [5.41, 5.74) is 1.51. The molecular formula is C14H15F2N3. The molecule has 1 aliphatic rings. The van der Waals surface area contributed by atoms with Crippen LogP contribution in [0.5, 0.6) is 0 Å². The zero-order valence-corrected chi connectivity index (χ0v) is 10.4. The number of halogens is 2. The molecule has 2 heterocycles. The molecule has 0 atom stereocenters. The predicted octanol–water partition coefficient (Wildman–Crippen LogP) is 2.62. The Balaban J connectivity index is 1.98. The Morgan fingerprint density at radius 2 is 1.79 bits per heavy atom. The molecule has 1 aromatic carbocycles. The molecule has 3 nitrogen and oxygen atoms in total. The van der Waals surface area contributed by atoms with Crippen LogP contribution in [0.2, 0.25) is 0 Å². The number of hydrogen-bond donors (Lipinski definition) is 1. The first-order chi connectivity index (χ1) is 9.24. The summed E-state index contributed by atoms with van der Waals surface area (Å²) in [7, 11) is 0. The number of piperidine rings is 1. The van der Waals surface area contributed by atoms with Crippen molar-refractivity contribution in [2.75, 3.05) is 13.1 Å². The van der Waals surface area contributed by atoms with Gasteiger partial charge < -0.3 is 9.88 Å². The van der Waals surface area contributed by atoms with E-state index in [0.717, 1.165) is 37.7 Å². The fourth-order valence-corrected chi connectivity index (χ4v) is 2.62. The van der Waals surface area contributed by atoms with Crippen LogP contribution in [0.25, 0.3) is 5.69 Å². The van der Waals surface area contributed by atoms with Crippen LogP contribution in [-0.4, -0.2) is 22.6 Å². The highest BCUT2D eigenvalue weighted by Gasteiger charge is 2.19. The molecule has 19 heavy (non-hydrogen) atoms. The van der Waals surface area contributed by atoms with Crippen LogP contribution in [0, 0.1) is 11.6 Å². The van der Waals surface area contributed by atoms with Crippen LogP contribution in [0.1, 0.15) is 24.5 Å². The summed E-state index contributed by atoms with van der Waals surface area (Å²) in [6, 6.07) is 3.54. The van der Waals surface area contributed by atoms with Gasteiger partial charge in [-0.3, -0.25) is 0 Å². The number of benzene rings is 1. The van der Waals surface area contributed by atoms with Gasteiger partial charge in [-0.05, 0) is 38.1 Å². The minimum absolute atomic E-state index is 0.384. The van der Waals surface area contributed by atoms with Gasteiger partial charge in [-0.25, -0.2) is 13.8 Å². The quantitative estimate of drug-likeness (QED) is 0.902. The SMILES string of the molecule is Fc1cc(F)cc(-n2cncc2C2CCNCC2)c1. The van der Waals surface area contributed by atoms with Gasteiger partial charge in [0.1, 0.15) is 11.6 Å². The van der Waals surface area contributed by atoms with E-state index in [1.54, 1.807) is 17.1 Å². The van der Waals surface area contributed by atoms with Crippen molar-refractivity contribution in [1.82, 2.24) is 14.9 Å². The van der Waals surface area contributed by atoms with Crippen molar-refractivity contribution in [2.45, 2.75) is 18.8 Å². The fraction of sp³-hybridized carbons (Fsp3) is 0.357. The van der Waals surface area contributed by atoms with Crippen LogP contribution in [0.4, 0.5) is 8.78 Å². The summed E-state index contributed by atoms with van der Waals surface area (Å²) in [4.78, 5) is 4.13. The molecule has 0 radical (unpaired) electrons. The summed E-state index contributed by atoms with van der Waals surface area (Å²) in [5, 5.41) is 3.30. The van der Waals surface area contributed by atoms with Crippen LogP contribution >= 0.6 is 0 Å². The third-order valence-corrected chi connectivity index (χ3v) is 3.55. The first kappa shape index (κ1) is 12.3. The van der Waals surface area contributed by atoms with E-state index in [-0.39, 0.29) is 0 Å². The summed E-state index contributed by atoms with van der Waals surface area (Å²) in [5.74, 6) is -0.755. The molecule has 1 saturated heterocycles. The van der Waals surface area contributed by atoms with E-state index in [1.807, 2.05) is 0 Å². The molecular weight excluding hydrogens is 248 g/mol. The number of aromatic nitrogens is 2. The van der Waals surface area contributed by atoms with Gasteiger partial charge in [0, 0.05) is 23.9 Å². The maximum absolute atomic E-state index is 13.3. The van der Waals surface area contributed by atoms with Crippen molar-refractivity contribution in [3.63, 3.8) is 0 Å². The van der Waals surface area contributed by atoms with Gasteiger partial charge in [0.05, 0.1) is 12.0 Å². The van der Waals surface area contributed by atoms with Crippen molar-refractivity contribution in [3.8, 4) is 5.69 Å². The van der Waals surface area contributed by atoms with Gasteiger partial charge in [-0.1, -0.05) is 0 Å². The monoisotopic (exact) mass is 263 g/mol. The van der Waals surface area contributed by atoms with Crippen molar-refractivity contribution in [2.24, 2.45) is 0 Å². The average molecular weight is 263 g/mol. The predicted molar refractivity (Wildman–Crippen MR) is 68.3 cm³/mol. The fourth-order valence-electron chi connectivity index (χ4n) is 2.62. The molecule has 2 aromatic rings. The molecule has 0 bridgehead atoms. The normalized spacial score (nSPS) is 16.7. The molecule has 0 aliphatic carbocycles. The highest BCUT2D eigenvalue weighted by Crippen LogP contribution is 2.27. The van der Waals surface area contributed by atoms with E-state index < -0.39 is 11.6 Å². The lowest BCUT2D eigenvalue weighted by Gasteiger charge is -2.23. The Morgan fingerprint density at radius 3 is 2.47 bits per heavy atom. The number of hydrogen-bond acceptors (Lipinski definition) is 2. The highest BCUT2D eigenvalue weighted by atomic mass is 19.1. The van der Waals surface area contributed by atoms with Crippen molar-refractivity contribution >= 4 is 0 Å². The standard InChI is InChI=1S/C14H15F2N3/c15-11-5-12(16)7-13(6-11)19-9-18-8-14(19)10-1-3-17-4-2-10/h5-10,17H,1-4H2. The molecule has 1 N–H and O–H groups in total. The van der Waals surface area contributed by atoms with Gasteiger partial charge in [-0.15, -0.1) is 0 Å². The second-order valence-electron chi connectivity index (χ2n) is 4.84. The molecule has 0 spiro atoms. The summed E-state index contributed by atoms with van der Waals surface area (Å²) < 4.78 is 28.4. The van der Waals surface area contributed by atoms with Crippen molar-refractivity contribution in [3.05, 3.63) is 48.1 Å². The van der Waals surface area contributed by atoms with E-state index in [9.17, 15) is 8.78 Å². The lowest BCUT2D eigenvalue weighted by molar-refractivity contribution is 0.449. The first-order valence-corrected chi connectivity index (χ1v) is 6.43. The van der Waals surface area contributed by atoms with Crippen LogP contribution in [0.3, 0.4) is 0 Å². The first-order valence-electron chi connectivity index (χ1n) is 6.43. The number of nitrogens with one attached hydrogen (secondary N) is 1. The highest BCUT2D eigenvalue weighted by molar-refractivity contribution is 5.35. The smallest absolute Gasteiger partial charge is 0.128 e. The molecule has 0 unspecified atom stereocenters. The molecule has 100 valence electrons. The minimum atomic E-state index is -0.569. The molecule has 5 heteroatoms. The minimum Gasteiger partial charge on any atom is -0.317 e. The third-order valence-electron chi connectivity index (χ3n) is 3.55. The van der Waals surface area contributed by atoms with Gasteiger partial charge in [-0.2, -0.15) is 0 Å². The summed E-state index contributed by atoms with van der Waals surface area (Å²) in [6.07, 6.45) is 5.44. The van der Waals surface area contributed by atoms with Crippen molar-refractivity contribution < 1.29 is 8.78 Å². The lowest BCUT2D eigenvalue weighted by atomic mass is 9.95. The number of imidazole rings is 1. The Labute approximate surface area is 110 Å². The molecule has 1 fully saturated rings. The number of nitrogens with zero attached hydrogens (tertiary/aromatic N) is 2. The lowest BCUT2D eigenvalue weighted by Crippen LogP contribution is -2.27. The topological polar surface area (TPSA) is 29.9 Å². The van der Waals surface area contributed by atoms with Gasteiger partial charge in [0.2, 0.25) is 0 Å². The Bertz CT molecular complexity index is 554. The van der Waals surface area contributed by atoms with Crippen molar-refractivity contribution in [1.29, 1.82) is 0 Å². The van der Waals surface area contributed by atoms with E-state index >= 15 is 0 Å². The zero-order valence-electron chi connectivity index (χ0n) is 10.4. The van der Waals surface area contributed by atoms with Crippen LogP contribution in [-0.2, 0) is 0 Å². The molecule has 3 rings (SSSR count). The van der Waals surface area contributed by atoms with E-state index in [2.05, 4.69) is 10.3 Å². The average Bonchev–Trinajstić information content (AvgIpc) is 2.88. The largest absolute Gasteiger partial charge is 0.317 e. The van der Waals surface area contributed by atoms with Gasteiger partial charge in [0.25, 0.3) is 0 Å². The molecule has 0 amide bonds. The molecule has 1 aromatic heterocycles. The Kier molecular flexibility index (Phi) is 3.29. The zero-order chi connectivity index (χ0) is 13.2. The van der Waals surface area contributed by atoms with Gasteiger partial charge in [0.15, 0.2) is 0 Å². The van der Waals surface area contributed by atoms with Crippen LogP contribution < -0.4 is 5.32 Å². The van der Waals surface area contributed by atoms with Gasteiger partial charge >= 0.3 is 0 Å². The summed E-state index contributed by atoms with van der Waals surface area (Å²) >= 11 is 0. The number of rotatable bonds is 2. The third kappa shape index (κ3) is 2.51. The Morgan fingerprint density at radius 1 is 1.11 bits per heavy atom. The van der Waals surface area contributed by atoms with Crippen LogP contribution in [0.15, 0.2) is 30.7 Å². The Hall–Kier alpha value is -1.75. The van der Waals surface area contributed by atoms with E-state index in [1.165, 1.54) is 12.1 Å².